The number of benzene rings is 2. The summed E-state index contributed by atoms with van der Waals surface area (Å²) in [7, 11) is 0. The van der Waals surface area contributed by atoms with Gasteiger partial charge in [0.25, 0.3) is 5.91 Å². The van der Waals surface area contributed by atoms with Crippen LogP contribution in [-0.4, -0.2) is 43.9 Å². The van der Waals surface area contributed by atoms with E-state index in [1.165, 1.54) is 12.1 Å². The summed E-state index contributed by atoms with van der Waals surface area (Å²) in [6, 6.07) is 10.3. The first-order valence-electron chi connectivity index (χ1n) is 10.6. The Morgan fingerprint density at radius 2 is 2.03 bits per heavy atom. The number of nitrogens with zero attached hydrogens (tertiary/aromatic N) is 3. The van der Waals surface area contributed by atoms with Gasteiger partial charge in [-0.1, -0.05) is 23.8 Å². The number of aryl methyl sites for hydroxylation is 1. The lowest BCUT2D eigenvalue weighted by Crippen LogP contribution is -2.35. The Balaban J connectivity index is 1.54. The van der Waals surface area contributed by atoms with Gasteiger partial charge in [-0.15, -0.1) is 4.91 Å². The molecule has 1 aromatic heterocycles. The van der Waals surface area contributed by atoms with Crippen LogP contribution in [0.1, 0.15) is 39.5 Å². The Labute approximate surface area is 199 Å². The first-order valence-corrected chi connectivity index (χ1v) is 11.3. The van der Waals surface area contributed by atoms with E-state index in [0.29, 0.717) is 23.8 Å². The lowest BCUT2D eigenvalue weighted by atomic mass is 10.1. The Hall–Kier alpha value is -3.83. The standard InChI is InChI=1S/C23H24N6O4S/c1-12-3-4-14-9-29(10-15(14)7-12)23(32)17-6-5-16(8-18(17)27-33)26-22-19(21(31)28-34-22)20(24)25-13(2)11-30/h3-8,13,26,30H,9-11H2,1-2H3,(H2,24,25)(H,28,31). The van der Waals surface area contributed by atoms with Gasteiger partial charge < -0.3 is 25.7 Å². The molecule has 0 spiro atoms. The molecule has 34 heavy (non-hydrogen) atoms. The first-order chi connectivity index (χ1) is 16.3. The van der Waals surface area contributed by atoms with Crippen LogP contribution in [0, 0.1) is 17.2 Å². The van der Waals surface area contributed by atoms with Crippen LogP contribution in [-0.2, 0) is 13.1 Å². The minimum atomic E-state index is -0.392. The Bertz CT molecular complexity index is 1270. The molecule has 2 heterocycles. The molecule has 3 aromatic rings. The molecule has 2 aromatic carbocycles. The van der Waals surface area contributed by atoms with Crippen molar-refractivity contribution in [3.8, 4) is 5.88 Å². The van der Waals surface area contributed by atoms with Crippen molar-refractivity contribution in [2.75, 3.05) is 11.9 Å². The number of aromatic nitrogens is 1. The number of amides is 1. The predicted octanol–water partition coefficient (Wildman–Crippen LogP) is 3.75. The number of hydrogen-bond donors (Lipinski definition) is 5. The van der Waals surface area contributed by atoms with E-state index in [9.17, 15) is 19.9 Å². The van der Waals surface area contributed by atoms with Crippen LogP contribution >= 0.6 is 11.5 Å². The minimum Gasteiger partial charge on any atom is -0.492 e. The molecule has 0 saturated heterocycles. The third kappa shape index (κ3) is 4.61. The summed E-state index contributed by atoms with van der Waals surface area (Å²) in [5, 5.41) is 36.7. The quantitative estimate of drug-likeness (QED) is 0.196. The van der Waals surface area contributed by atoms with Crippen LogP contribution in [0.4, 0.5) is 16.4 Å². The van der Waals surface area contributed by atoms with Crippen molar-refractivity contribution in [2.45, 2.75) is 33.0 Å². The fourth-order valence-electron chi connectivity index (χ4n) is 3.79. The number of aliphatic hydroxyl groups is 1. The molecule has 0 saturated carbocycles. The number of carbonyl (C=O) groups excluding carboxylic acids is 1. The highest BCUT2D eigenvalue weighted by Gasteiger charge is 2.27. The summed E-state index contributed by atoms with van der Waals surface area (Å²) >= 11 is 0.934. The smallest absolute Gasteiger partial charge is 0.256 e. The SMILES string of the molecule is Cc1ccc2c(c1)CN(C(=O)c1ccc(Nc3snc(O)c3C(=N)NC(C)CO)cc1N=O)C2. The molecule has 10 nitrogen and oxygen atoms in total. The van der Waals surface area contributed by atoms with Gasteiger partial charge in [0.05, 0.1) is 12.2 Å². The zero-order valence-corrected chi connectivity index (χ0v) is 19.4. The zero-order valence-electron chi connectivity index (χ0n) is 18.6. The number of fused-ring (bicyclic) bond motifs is 1. The number of nitrogens with one attached hydrogen (secondary N) is 3. The predicted molar refractivity (Wildman–Crippen MR) is 130 cm³/mol. The molecule has 0 bridgehead atoms. The number of carbonyl (C=O) groups is 1. The van der Waals surface area contributed by atoms with Crippen molar-refractivity contribution < 1.29 is 15.0 Å². The summed E-state index contributed by atoms with van der Waals surface area (Å²) in [5.41, 5.74) is 4.07. The molecule has 1 aliphatic rings. The third-order valence-corrected chi connectivity index (χ3v) is 6.30. The summed E-state index contributed by atoms with van der Waals surface area (Å²) in [6.45, 7) is 4.45. The van der Waals surface area contributed by atoms with Crippen LogP contribution in [0.15, 0.2) is 41.6 Å². The molecule has 4 rings (SSSR count). The summed E-state index contributed by atoms with van der Waals surface area (Å²) in [5.74, 6) is -0.728. The maximum Gasteiger partial charge on any atom is 0.256 e. The van der Waals surface area contributed by atoms with E-state index in [1.54, 1.807) is 17.9 Å². The number of anilines is 2. The average molecular weight is 481 g/mol. The Kier molecular flexibility index (Phi) is 6.57. The number of amidine groups is 1. The summed E-state index contributed by atoms with van der Waals surface area (Å²) in [4.78, 5) is 26.4. The number of rotatable bonds is 7. The van der Waals surface area contributed by atoms with E-state index in [0.717, 1.165) is 28.2 Å². The number of hydrogen-bond acceptors (Lipinski definition) is 9. The maximum absolute atomic E-state index is 13.1. The normalized spacial score (nSPS) is 13.3. The van der Waals surface area contributed by atoms with E-state index >= 15 is 0 Å². The monoisotopic (exact) mass is 480 g/mol. The highest BCUT2D eigenvalue weighted by atomic mass is 32.1. The van der Waals surface area contributed by atoms with Crippen LogP contribution in [0.5, 0.6) is 5.88 Å². The highest BCUT2D eigenvalue weighted by molar-refractivity contribution is 7.11. The molecule has 176 valence electrons. The second-order valence-corrected chi connectivity index (χ2v) is 8.97. The third-order valence-electron chi connectivity index (χ3n) is 5.54. The number of aromatic hydroxyl groups is 1. The van der Waals surface area contributed by atoms with Gasteiger partial charge in [-0.2, -0.15) is 4.37 Å². The molecule has 0 aliphatic carbocycles. The molecule has 11 heteroatoms. The summed E-state index contributed by atoms with van der Waals surface area (Å²) in [6.07, 6.45) is 0. The lowest BCUT2D eigenvalue weighted by Gasteiger charge is -2.17. The van der Waals surface area contributed by atoms with E-state index in [1.807, 2.05) is 19.1 Å². The lowest BCUT2D eigenvalue weighted by molar-refractivity contribution is 0.0752. The van der Waals surface area contributed by atoms with E-state index < -0.39 is 6.04 Å². The number of nitroso groups, excluding NO2 is 1. The van der Waals surface area contributed by atoms with Gasteiger partial charge in [0.2, 0.25) is 5.88 Å². The Morgan fingerprint density at radius 1 is 1.26 bits per heavy atom. The molecular formula is C23H24N6O4S. The van der Waals surface area contributed by atoms with Gasteiger partial charge in [0.15, 0.2) is 0 Å². The second-order valence-electron chi connectivity index (χ2n) is 8.19. The molecule has 1 amide bonds. The van der Waals surface area contributed by atoms with Gasteiger partial charge in [-0.3, -0.25) is 10.2 Å². The zero-order chi connectivity index (χ0) is 24.4. The molecular weight excluding hydrogens is 456 g/mol. The van der Waals surface area contributed by atoms with Crippen molar-refractivity contribution in [2.24, 2.45) is 5.18 Å². The number of aliphatic hydroxyl groups excluding tert-OH is 1. The maximum atomic E-state index is 13.1. The first kappa shape index (κ1) is 23.3. The highest BCUT2D eigenvalue weighted by Crippen LogP contribution is 2.35. The van der Waals surface area contributed by atoms with Crippen molar-refractivity contribution >= 4 is 39.7 Å². The largest absolute Gasteiger partial charge is 0.492 e. The second kappa shape index (κ2) is 9.57. The van der Waals surface area contributed by atoms with Gasteiger partial charge in [-0.05, 0) is 59.9 Å². The molecule has 0 fully saturated rings. The molecule has 0 radical (unpaired) electrons. The van der Waals surface area contributed by atoms with Crippen LogP contribution in [0.3, 0.4) is 0 Å². The van der Waals surface area contributed by atoms with Crippen molar-refractivity contribution in [1.29, 1.82) is 5.41 Å². The molecule has 1 unspecified atom stereocenters. The minimum absolute atomic E-state index is 0.0143. The van der Waals surface area contributed by atoms with E-state index in [-0.39, 0.29) is 41.0 Å². The topological polar surface area (TPSA) is 151 Å². The van der Waals surface area contributed by atoms with E-state index in [2.05, 4.69) is 26.3 Å². The van der Waals surface area contributed by atoms with Gasteiger partial charge >= 0.3 is 0 Å². The fraction of sp³-hybridized carbons (Fsp3) is 0.261. The fourth-order valence-corrected chi connectivity index (χ4v) is 4.51. The molecule has 5 N–H and O–H groups in total. The Morgan fingerprint density at radius 3 is 2.76 bits per heavy atom. The average Bonchev–Trinajstić information content (AvgIpc) is 3.41. The van der Waals surface area contributed by atoms with E-state index in [4.69, 9.17) is 5.41 Å². The van der Waals surface area contributed by atoms with Crippen molar-refractivity contribution in [1.82, 2.24) is 14.6 Å². The van der Waals surface area contributed by atoms with Gasteiger partial charge in [0, 0.05) is 24.8 Å². The van der Waals surface area contributed by atoms with Gasteiger partial charge in [-0.25, -0.2) is 0 Å². The molecule has 1 aliphatic heterocycles. The van der Waals surface area contributed by atoms with Crippen molar-refractivity contribution in [3.05, 3.63) is 69.1 Å². The van der Waals surface area contributed by atoms with Crippen LogP contribution in [0.2, 0.25) is 0 Å². The van der Waals surface area contributed by atoms with Crippen LogP contribution < -0.4 is 10.6 Å². The summed E-state index contributed by atoms with van der Waals surface area (Å²) < 4.78 is 3.88. The van der Waals surface area contributed by atoms with Gasteiger partial charge in [0.1, 0.15) is 22.1 Å². The van der Waals surface area contributed by atoms with Crippen LogP contribution in [0.25, 0.3) is 0 Å². The van der Waals surface area contributed by atoms with Crippen molar-refractivity contribution in [3.63, 3.8) is 0 Å². The molecule has 1 atom stereocenters.